The van der Waals surface area contributed by atoms with E-state index in [9.17, 15) is 9.18 Å². The third-order valence-corrected chi connectivity index (χ3v) is 3.72. The van der Waals surface area contributed by atoms with Gasteiger partial charge >= 0.3 is 6.09 Å². The Morgan fingerprint density at radius 3 is 2.65 bits per heavy atom. The van der Waals surface area contributed by atoms with Gasteiger partial charge in [0.25, 0.3) is 0 Å². The number of carbonyl (C=O) groups is 1. The van der Waals surface area contributed by atoms with Crippen molar-refractivity contribution in [3.8, 4) is 0 Å². The number of nitrogens with one attached hydrogen (secondary N) is 1. The van der Waals surface area contributed by atoms with Gasteiger partial charge in [-0.1, -0.05) is 12.1 Å². The van der Waals surface area contributed by atoms with Gasteiger partial charge in [0.1, 0.15) is 5.82 Å². The van der Waals surface area contributed by atoms with Crippen LogP contribution in [-0.2, 0) is 11.3 Å². The van der Waals surface area contributed by atoms with Crippen LogP contribution in [0, 0.1) is 5.82 Å². The molecule has 0 aromatic heterocycles. The van der Waals surface area contributed by atoms with Crippen LogP contribution in [0.2, 0.25) is 0 Å². The highest BCUT2D eigenvalue weighted by molar-refractivity contribution is 5.78. The lowest BCUT2D eigenvalue weighted by atomic mass is 10.1. The number of carbonyl (C=O) groups excluding carboxylic acids is 1. The van der Waals surface area contributed by atoms with Crippen LogP contribution in [0.4, 0.5) is 9.18 Å². The van der Waals surface area contributed by atoms with Crippen molar-refractivity contribution >= 4 is 12.1 Å². The second kappa shape index (κ2) is 8.36. The number of likely N-dealkylation sites (tertiary alicyclic amines) is 1. The molecule has 0 spiro atoms. The van der Waals surface area contributed by atoms with Crippen LogP contribution in [0.25, 0.3) is 0 Å². The zero-order chi connectivity index (χ0) is 16.7. The highest BCUT2D eigenvalue weighted by Crippen LogP contribution is 2.11. The fourth-order valence-corrected chi connectivity index (χ4v) is 2.44. The van der Waals surface area contributed by atoms with Gasteiger partial charge in [-0.3, -0.25) is 0 Å². The third kappa shape index (κ3) is 5.43. The van der Waals surface area contributed by atoms with Crippen molar-refractivity contribution in [3.63, 3.8) is 0 Å². The zero-order valence-corrected chi connectivity index (χ0v) is 13.3. The summed E-state index contributed by atoms with van der Waals surface area (Å²) in [6, 6.07) is 6.37. The second-order valence-electron chi connectivity index (χ2n) is 5.43. The van der Waals surface area contributed by atoms with E-state index in [0.717, 1.165) is 18.4 Å². The molecule has 3 N–H and O–H groups in total. The van der Waals surface area contributed by atoms with E-state index >= 15 is 0 Å². The zero-order valence-electron chi connectivity index (χ0n) is 13.3. The van der Waals surface area contributed by atoms with E-state index in [1.165, 1.54) is 12.1 Å². The number of nitrogens with zero attached hydrogens (tertiary/aromatic N) is 2. The Kier molecular flexibility index (Phi) is 6.19. The van der Waals surface area contributed by atoms with Crippen LogP contribution in [0.5, 0.6) is 0 Å². The Balaban J connectivity index is 1.75. The number of guanidine groups is 1. The molecule has 1 heterocycles. The van der Waals surface area contributed by atoms with E-state index in [4.69, 9.17) is 10.5 Å². The predicted octanol–water partition coefficient (Wildman–Crippen LogP) is 1.85. The summed E-state index contributed by atoms with van der Waals surface area (Å²) in [6.45, 7) is 3.87. The molecule has 2 rings (SSSR count). The first kappa shape index (κ1) is 17.1. The third-order valence-electron chi connectivity index (χ3n) is 3.72. The average Bonchev–Trinajstić information content (AvgIpc) is 2.55. The highest BCUT2D eigenvalue weighted by Gasteiger charge is 2.23. The summed E-state index contributed by atoms with van der Waals surface area (Å²) < 4.78 is 17.8. The van der Waals surface area contributed by atoms with Crippen molar-refractivity contribution in [2.24, 2.45) is 10.7 Å². The largest absolute Gasteiger partial charge is 0.450 e. The molecule has 1 aliphatic heterocycles. The Labute approximate surface area is 135 Å². The van der Waals surface area contributed by atoms with E-state index < -0.39 is 0 Å². The van der Waals surface area contributed by atoms with Crippen molar-refractivity contribution in [1.29, 1.82) is 0 Å². The van der Waals surface area contributed by atoms with E-state index in [1.54, 1.807) is 24.0 Å². The number of amides is 1. The van der Waals surface area contributed by atoms with Crippen LogP contribution in [0.3, 0.4) is 0 Å². The molecule has 1 aliphatic rings. The Hall–Kier alpha value is -2.31. The van der Waals surface area contributed by atoms with E-state index in [1.807, 2.05) is 0 Å². The Morgan fingerprint density at radius 1 is 1.39 bits per heavy atom. The van der Waals surface area contributed by atoms with Gasteiger partial charge in [0.15, 0.2) is 5.96 Å². The molecular weight excluding hydrogens is 299 g/mol. The van der Waals surface area contributed by atoms with Crippen molar-refractivity contribution in [3.05, 3.63) is 35.6 Å². The quantitative estimate of drug-likeness (QED) is 0.655. The maximum absolute atomic E-state index is 12.8. The lowest BCUT2D eigenvalue weighted by molar-refractivity contribution is 0.0963. The van der Waals surface area contributed by atoms with Crippen LogP contribution in [-0.4, -0.2) is 42.7 Å². The van der Waals surface area contributed by atoms with Crippen molar-refractivity contribution in [2.75, 3.05) is 19.7 Å². The molecule has 1 saturated heterocycles. The van der Waals surface area contributed by atoms with Crippen LogP contribution < -0.4 is 11.1 Å². The fraction of sp³-hybridized carbons (Fsp3) is 0.500. The Morgan fingerprint density at radius 2 is 2.04 bits per heavy atom. The number of piperidine rings is 1. The number of halogens is 1. The molecule has 6 nitrogen and oxygen atoms in total. The molecular formula is C16H23FN4O2. The summed E-state index contributed by atoms with van der Waals surface area (Å²) in [5, 5.41) is 3.17. The summed E-state index contributed by atoms with van der Waals surface area (Å²) in [5.41, 5.74) is 6.78. The summed E-state index contributed by atoms with van der Waals surface area (Å²) >= 11 is 0. The summed E-state index contributed by atoms with van der Waals surface area (Å²) in [5.74, 6) is 0.0982. The Bertz CT molecular complexity index is 540. The van der Waals surface area contributed by atoms with Gasteiger partial charge in [-0.25, -0.2) is 14.2 Å². The molecule has 0 bridgehead atoms. The average molecular weight is 322 g/mol. The van der Waals surface area contributed by atoms with Crippen LogP contribution >= 0.6 is 0 Å². The molecule has 0 aliphatic carbocycles. The number of hydrogen-bond donors (Lipinski definition) is 2. The summed E-state index contributed by atoms with van der Waals surface area (Å²) in [6.07, 6.45) is 1.33. The van der Waals surface area contributed by atoms with E-state index in [-0.39, 0.29) is 18.0 Å². The van der Waals surface area contributed by atoms with Gasteiger partial charge in [0, 0.05) is 19.1 Å². The summed E-state index contributed by atoms with van der Waals surface area (Å²) in [4.78, 5) is 17.6. The molecule has 1 amide bonds. The maximum Gasteiger partial charge on any atom is 0.409 e. The minimum absolute atomic E-state index is 0.192. The lowest BCUT2D eigenvalue weighted by Gasteiger charge is -2.31. The topological polar surface area (TPSA) is 80.0 Å². The lowest BCUT2D eigenvalue weighted by Crippen LogP contribution is -2.48. The number of ether oxygens (including phenoxy) is 1. The smallest absolute Gasteiger partial charge is 0.409 e. The number of aliphatic imine (C=N–C) groups is 1. The molecule has 126 valence electrons. The summed E-state index contributed by atoms with van der Waals surface area (Å²) in [7, 11) is 0. The molecule has 1 aromatic carbocycles. The normalized spacial score (nSPS) is 16.3. The van der Waals surface area contributed by atoms with Crippen molar-refractivity contribution in [1.82, 2.24) is 10.2 Å². The SMILES string of the molecule is CCOC(=O)N1CCC(NC(N)=NCc2ccc(F)cc2)CC1. The first-order valence-electron chi connectivity index (χ1n) is 7.81. The van der Waals surface area contributed by atoms with E-state index in [0.29, 0.717) is 32.2 Å². The van der Waals surface area contributed by atoms with Gasteiger partial charge in [-0.05, 0) is 37.5 Å². The van der Waals surface area contributed by atoms with Gasteiger partial charge in [-0.2, -0.15) is 0 Å². The monoisotopic (exact) mass is 322 g/mol. The molecule has 0 saturated carbocycles. The minimum atomic E-state index is -0.266. The molecule has 0 atom stereocenters. The molecule has 23 heavy (non-hydrogen) atoms. The number of benzene rings is 1. The molecule has 0 radical (unpaired) electrons. The molecule has 0 unspecified atom stereocenters. The molecule has 1 fully saturated rings. The van der Waals surface area contributed by atoms with Crippen LogP contribution in [0.1, 0.15) is 25.3 Å². The first-order valence-corrected chi connectivity index (χ1v) is 7.81. The number of hydrogen-bond acceptors (Lipinski definition) is 3. The predicted molar refractivity (Wildman–Crippen MR) is 86.5 cm³/mol. The molecule has 7 heteroatoms. The van der Waals surface area contributed by atoms with E-state index in [2.05, 4.69) is 10.3 Å². The first-order chi connectivity index (χ1) is 11.1. The van der Waals surface area contributed by atoms with Gasteiger partial charge in [0.2, 0.25) is 0 Å². The van der Waals surface area contributed by atoms with Crippen LogP contribution in [0.15, 0.2) is 29.3 Å². The minimum Gasteiger partial charge on any atom is -0.450 e. The maximum atomic E-state index is 12.8. The number of rotatable bonds is 4. The van der Waals surface area contributed by atoms with Gasteiger partial charge in [-0.15, -0.1) is 0 Å². The highest BCUT2D eigenvalue weighted by atomic mass is 19.1. The van der Waals surface area contributed by atoms with Gasteiger partial charge < -0.3 is 20.7 Å². The fourth-order valence-electron chi connectivity index (χ4n) is 2.44. The van der Waals surface area contributed by atoms with Gasteiger partial charge in [0.05, 0.1) is 13.2 Å². The van der Waals surface area contributed by atoms with Crippen molar-refractivity contribution < 1.29 is 13.9 Å². The number of nitrogens with two attached hydrogens (primary N) is 1. The van der Waals surface area contributed by atoms with Crippen molar-refractivity contribution in [2.45, 2.75) is 32.4 Å². The molecule has 1 aromatic rings. The standard InChI is InChI=1S/C16H23FN4O2/c1-2-23-16(22)21-9-7-14(8-10-21)20-15(18)19-11-12-3-5-13(17)6-4-12/h3-6,14H,2,7-11H2,1H3,(H3,18,19,20). The second-order valence-corrected chi connectivity index (χ2v) is 5.43.